The van der Waals surface area contributed by atoms with Crippen molar-refractivity contribution < 1.29 is 14.3 Å². The molecule has 1 aromatic rings. The van der Waals surface area contributed by atoms with E-state index < -0.39 is 6.10 Å². The molecule has 1 aliphatic heterocycles. The maximum absolute atomic E-state index is 11.8. The molecule has 0 saturated heterocycles. The van der Waals surface area contributed by atoms with Crippen LogP contribution in [0.1, 0.15) is 25.8 Å². The number of ether oxygens (including phenoxy) is 2. The van der Waals surface area contributed by atoms with Gasteiger partial charge in [0, 0.05) is 0 Å². The fourth-order valence-electron chi connectivity index (χ4n) is 1.83. The van der Waals surface area contributed by atoms with E-state index in [0.29, 0.717) is 18.9 Å². The van der Waals surface area contributed by atoms with E-state index >= 15 is 0 Å². The first kappa shape index (κ1) is 12.0. The number of fused-ring (bicyclic) bond motifs is 1. The lowest BCUT2D eigenvalue weighted by Crippen LogP contribution is -2.33. The van der Waals surface area contributed by atoms with Gasteiger partial charge in [-0.3, -0.25) is 0 Å². The number of para-hydroxylation sites is 1. The number of aryl methyl sites for hydroxylation is 1. The summed E-state index contributed by atoms with van der Waals surface area (Å²) in [7, 11) is 0. The number of rotatable bonds is 3. The van der Waals surface area contributed by atoms with Gasteiger partial charge in [-0.25, -0.2) is 4.79 Å². The largest absolute Gasteiger partial charge is 0.478 e. The second kappa shape index (κ2) is 5.21. The molecule has 1 atom stereocenters. The van der Waals surface area contributed by atoms with Crippen molar-refractivity contribution in [2.45, 2.75) is 32.8 Å². The van der Waals surface area contributed by atoms with Crippen LogP contribution < -0.4 is 4.74 Å². The smallest absolute Gasteiger partial charge is 0.347 e. The molecule has 0 N–H and O–H groups in total. The Kier molecular flexibility index (Phi) is 3.67. The minimum Gasteiger partial charge on any atom is -0.478 e. The normalized spacial score (nSPS) is 18.4. The van der Waals surface area contributed by atoms with Gasteiger partial charge in [0.1, 0.15) is 5.75 Å². The zero-order chi connectivity index (χ0) is 12.3. The Morgan fingerprint density at radius 2 is 2.24 bits per heavy atom. The minimum atomic E-state index is -0.441. The molecule has 0 amide bonds. The number of hydrogen-bond donors (Lipinski definition) is 0. The molecule has 0 bridgehead atoms. The molecule has 1 heterocycles. The van der Waals surface area contributed by atoms with Crippen molar-refractivity contribution in [1.29, 1.82) is 0 Å². The van der Waals surface area contributed by atoms with Crippen LogP contribution in [0.4, 0.5) is 0 Å². The lowest BCUT2D eigenvalue weighted by molar-refractivity contribution is -0.153. The van der Waals surface area contributed by atoms with Gasteiger partial charge in [-0.05, 0) is 30.4 Å². The van der Waals surface area contributed by atoms with Crippen LogP contribution in [0.15, 0.2) is 24.3 Å². The van der Waals surface area contributed by atoms with Gasteiger partial charge < -0.3 is 9.47 Å². The molecule has 92 valence electrons. The summed E-state index contributed by atoms with van der Waals surface area (Å²) in [5.41, 5.74) is 1.17. The summed E-state index contributed by atoms with van der Waals surface area (Å²) in [5, 5.41) is 0. The predicted molar refractivity (Wildman–Crippen MR) is 65.0 cm³/mol. The van der Waals surface area contributed by atoms with Crippen LogP contribution in [0.2, 0.25) is 0 Å². The number of hydrogen-bond acceptors (Lipinski definition) is 3. The third kappa shape index (κ3) is 2.99. The predicted octanol–water partition coefficient (Wildman–Crippen LogP) is 2.58. The maximum atomic E-state index is 11.8. The van der Waals surface area contributed by atoms with Crippen molar-refractivity contribution in [3.8, 4) is 5.75 Å². The minimum absolute atomic E-state index is 0.242. The summed E-state index contributed by atoms with van der Waals surface area (Å²) >= 11 is 0. The highest BCUT2D eigenvalue weighted by atomic mass is 16.6. The summed E-state index contributed by atoms with van der Waals surface area (Å²) in [6.45, 7) is 4.49. The van der Waals surface area contributed by atoms with Crippen molar-refractivity contribution in [2.24, 2.45) is 5.92 Å². The SMILES string of the molecule is CC(C)COC(=O)[C@@H]1CCc2ccccc2O1. The zero-order valence-corrected chi connectivity index (χ0v) is 10.3. The Morgan fingerprint density at radius 3 is 3.00 bits per heavy atom. The van der Waals surface area contributed by atoms with E-state index in [-0.39, 0.29) is 5.97 Å². The number of esters is 1. The van der Waals surface area contributed by atoms with E-state index in [9.17, 15) is 4.79 Å². The highest BCUT2D eigenvalue weighted by molar-refractivity contribution is 5.75. The van der Waals surface area contributed by atoms with Gasteiger partial charge in [0.25, 0.3) is 0 Å². The quantitative estimate of drug-likeness (QED) is 0.754. The summed E-state index contributed by atoms with van der Waals surface area (Å²) in [6, 6.07) is 7.84. The highest BCUT2D eigenvalue weighted by Gasteiger charge is 2.27. The first-order valence-electron chi connectivity index (χ1n) is 6.08. The van der Waals surface area contributed by atoms with Crippen LogP contribution >= 0.6 is 0 Å². The van der Waals surface area contributed by atoms with Crippen LogP contribution in [-0.2, 0) is 16.0 Å². The van der Waals surface area contributed by atoms with Crippen LogP contribution in [0.5, 0.6) is 5.75 Å². The van der Waals surface area contributed by atoms with Crippen LogP contribution in [0.25, 0.3) is 0 Å². The van der Waals surface area contributed by atoms with Crippen LogP contribution in [0, 0.1) is 5.92 Å². The van der Waals surface area contributed by atoms with Crippen molar-refractivity contribution in [3.63, 3.8) is 0 Å². The third-order valence-corrected chi connectivity index (χ3v) is 2.74. The molecule has 3 heteroatoms. The molecule has 2 rings (SSSR count). The average Bonchev–Trinajstić information content (AvgIpc) is 2.35. The molecular formula is C14H18O3. The number of benzene rings is 1. The maximum Gasteiger partial charge on any atom is 0.347 e. The second-order valence-electron chi connectivity index (χ2n) is 4.78. The Morgan fingerprint density at radius 1 is 1.47 bits per heavy atom. The van der Waals surface area contributed by atoms with E-state index in [1.54, 1.807) is 0 Å². The molecular weight excluding hydrogens is 216 g/mol. The average molecular weight is 234 g/mol. The molecule has 1 aromatic carbocycles. The van der Waals surface area contributed by atoms with Crippen LogP contribution in [0.3, 0.4) is 0 Å². The number of carbonyl (C=O) groups excluding carboxylic acids is 1. The Labute approximate surface area is 102 Å². The number of carbonyl (C=O) groups is 1. The Hall–Kier alpha value is -1.51. The van der Waals surface area contributed by atoms with Crippen molar-refractivity contribution in [2.75, 3.05) is 6.61 Å². The molecule has 0 spiro atoms. The van der Waals surface area contributed by atoms with Gasteiger partial charge in [0.05, 0.1) is 6.61 Å². The summed E-state index contributed by atoms with van der Waals surface area (Å²) in [5.74, 6) is 0.924. The van der Waals surface area contributed by atoms with Crippen molar-refractivity contribution >= 4 is 5.97 Å². The van der Waals surface area contributed by atoms with Crippen molar-refractivity contribution in [3.05, 3.63) is 29.8 Å². The lowest BCUT2D eigenvalue weighted by Gasteiger charge is -2.24. The standard InChI is InChI=1S/C14H18O3/c1-10(2)9-16-14(15)13-8-7-11-5-3-4-6-12(11)17-13/h3-6,10,13H,7-9H2,1-2H3/t13-/m0/s1. The van der Waals surface area contributed by atoms with E-state index in [1.807, 2.05) is 38.1 Å². The topological polar surface area (TPSA) is 35.5 Å². The Bertz CT molecular complexity index is 398. The molecule has 0 aliphatic carbocycles. The lowest BCUT2D eigenvalue weighted by atomic mass is 10.0. The molecule has 0 fully saturated rings. The zero-order valence-electron chi connectivity index (χ0n) is 10.3. The van der Waals surface area contributed by atoms with Crippen LogP contribution in [-0.4, -0.2) is 18.7 Å². The first-order chi connectivity index (χ1) is 8.16. The fraction of sp³-hybridized carbons (Fsp3) is 0.500. The highest BCUT2D eigenvalue weighted by Crippen LogP contribution is 2.27. The van der Waals surface area contributed by atoms with Gasteiger partial charge in [0.15, 0.2) is 6.10 Å². The van der Waals surface area contributed by atoms with E-state index in [2.05, 4.69) is 0 Å². The monoisotopic (exact) mass is 234 g/mol. The van der Waals surface area contributed by atoms with E-state index in [1.165, 1.54) is 5.56 Å². The summed E-state index contributed by atoms with van der Waals surface area (Å²) in [4.78, 5) is 11.8. The summed E-state index contributed by atoms with van der Waals surface area (Å²) < 4.78 is 10.8. The van der Waals surface area contributed by atoms with Gasteiger partial charge in [-0.2, -0.15) is 0 Å². The molecule has 1 aliphatic rings. The molecule has 17 heavy (non-hydrogen) atoms. The first-order valence-corrected chi connectivity index (χ1v) is 6.08. The van der Waals surface area contributed by atoms with Gasteiger partial charge in [0.2, 0.25) is 0 Å². The van der Waals surface area contributed by atoms with Gasteiger partial charge >= 0.3 is 5.97 Å². The Balaban J connectivity index is 1.95. The molecule has 0 radical (unpaired) electrons. The van der Waals surface area contributed by atoms with Crippen molar-refractivity contribution in [1.82, 2.24) is 0 Å². The molecule has 0 aromatic heterocycles. The van der Waals surface area contributed by atoms with Gasteiger partial charge in [-0.15, -0.1) is 0 Å². The second-order valence-corrected chi connectivity index (χ2v) is 4.78. The molecule has 0 unspecified atom stereocenters. The van der Waals surface area contributed by atoms with Gasteiger partial charge in [-0.1, -0.05) is 32.0 Å². The summed E-state index contributed by atoms with van der Waals surface area (Å²) in [6.07, 6.45) is 1.13. The molecule has 3 nitrogen and oxygen atoms in total. The van der Waals surface area contributed by atoms with E-state index in [4.69, 9.17) is 9.47 Å². The fourth-order valence-corrected chi connectivity index (χ4v) is 1.83. The molecule has 0 saturated carbocycles. The van der Waals surface area contributed by atoms with E-state index in [0.717, 1.165) is 12.2 Å². The third-order valence-electron chi connectivity index (χ3n) is 2.74.